The number of nitrogens with two attached hydrogens (primary N) is 1. The fourth-order valence-electron chi connectivity index (χ4n) is 2.34. The van der Waals surface area contributed by atoms with E-state index in [0.717, 1.165) is 5.56 Å². The third kappa shape index (κ3) is 5.30. The third-order valence-electron chi connectivity index (χ3n) is 3.36. The van der Waals surface area contributed by atoms with Gasteiger partial charge in [-0.1, -0.05) is 17.1 Å². The van der Waals surface area contributed by atoms with Gasteiger partial charge in [-0.25, -0.2) is 9.37 Å². The van der Waals surface area contributed by atoms with Gasteiger partial charge in [-0.15, -0.1) is 0 Å². The summed E-state index contributed by atoms with van der Waals surface area (Å²) in [6.45, 7) is 0. The summed E-state index contributed by atoms with van der Waals surface area (Å²) in [7, 11) is 0. The van der Waals surface area contributed by atoms with Crippen molar-refractivity contribution in [1.29, 1.82) is 0 Å². The number of hydrogen-bond donors (Lipinski definition) is 1. The summed E-state index contributed by atoms with van der Waals surface area (Å²) in [6, 6.07) is 7.23. The van der Waals surface area contributed by atoms with Crippen LogP contribution < -0.4 is 35.3 Å². The predicted octanol–water partition coefficient (Wildman–Crippen LogP) is 0.0746. The van der Waals surface area contributed by atoms with Gasteiger partial charge in [-0.2, -0.15) is 11.3 Å². The Kier molecular flexibility index (Phi) is 7.51. The van der Waals surface area contributed by atoms with Gasteiger partial charge < -0.3 is 16.1 Å². The molecule has 0 aliphatic rings. The van der Waals surface area contributed by atoms with Gasteiger partial charge in [0.25, 0.3) is 0 Å². The zero-order valence-corrected chi connectivity index (χ0v) is 17.1. The first kappa shape index (κ1) is 20.4. The number of benzene rings is 1. The molecule has 0 aliphatic heterocycles. The van der Waals surface area contributed by atoms with E-state index in [2.05, 4.69) is 4.98 Å². The maximum atomic E-state index is 13.4. The average Bonchev–Trinajstić information content (AvgIpc) is 3.15. The molecule has 2 N–H and O–H groups in total. The van der Waals surface area contributed by atoms with Crippen LogP contribution in [0.25, 0.3) is 22.8 Å². The molecular formula is C16H15FN2NaO3S2-. The molecule has 128 valence electrons. The van der Waals surface area contributed by atoms with Crippen molar-refractivity contribution in [1.82, 2.24) is 4.98 Å². The van der Waals surface area contributed by atoms with Crippen molar-refractivity contribution in [2.24, 2.45) is 5.73 Å². The second-order valence-electron chi connectivity index (χ2n) is 5.25. The topological polar surface area (TPSA) is 92.2 Å². The molecule has 0 amide bonds. The fraction of sp³-hybridized carbons (Fsp3) is 0.188. The molecule has 0 spiro atoms. The SMILES string of the molecule is NC(Cc1nc(-c2cccc(F)c2)oc1-c1ccsc1)CS(=O)[O-].[H-].[Na+]. The first-order valence-electron chi connectivity index (χ1n) is 7.12. The molecule has 2 atom stereocenters. The molecule has 3 rings (SSSR count). The van der Waals surface area contributed by atoms with Crippen LogP contribution in [0.5, 0.6) is 0 Å². The summed E-state index contributed by atoms with van der Waals surface area (Å²) in [5.41, 5.74) is 7.78. The molecule has 1 aromatic carbocycles. The molecule has 9 heteroatoms. The Bertz CT molecular complexity index is 861. The van der Waals surface area contributed by atoms with Crippen LogP contribution in [0, 0.1) is 5.82 Å². The summed E-state index contributed by atoms with van der Waals surface area (Å²) < 4.78 is 40.9. The Labute approximate surface area is 174 Å². The number of nitrogens with zero attached hydrogens (tertiary/aromatic N) is 1. The van der Waals surface area contributed by atoms with Crippen LogP contribution in [0.2, 0.25) is 0 Å². The molecule has 2 unspecified atom stereocenters. The molecule has 0 bridgehead atoms. The monoisotopic (exact) mass is 389 g/mol. The van der Waals surface area contributed by atoms with Gasteiger partial charge in [0.2, 0.25) is 5.89 Å². The predicted molar refractivity (Wildman–Crippen MR) is 91.8 cm³/mol. The van der Waals surface area contributed by atoms with E-state index in [-0.39, 0.29) is 54.9 Å². The van der Waals surface area contributed by atoms with Gasteiger partial charge in [0, 0.05) is 34.7 Å². The zero-order chi connectivity index (χ0) is 17.1. The minimum Gasteiger partial charge on any atom is -1.00 e. The van der Waals surface area contributed by atoms with Crippen LogP contribution in [0.3, 0.4) is 0 Å². The molecule has 0 fully saturated rings. The van der Waals surface area contributed by atoms with E-state index in [0.29, 0.717) is 17.0 Å². The van der Waals surface area contributed by atoms with Gasteiger partial charge in [0.1, 0.15) is 5.82 Å². The maximum absolute atomic E-state index is 13.4. The van der Waals surface area contributed by atoms with Gasteiger partial charge in [0.05, 0.1) is 5.69 Å². The van der Waals surface area contributed by atoms with Crippen molar-refractivity contribution in [3.05, 3.63) is 52.6 Å². The van der Waals surface area contributed by atoms with Crippen molar-refractivity contribution in [2.45, 2.75) is 12.5 Å². The van der Waals surface area contributed by atoms with E-state index in [1.54, 1.807) is 12.1 Å². The van der Waals surface area contributed by atoms with Crippen molar-refractivity contribution in [2.75, 3.05) is 5.75 Å². The number of oxazole rings is 1. The van der Waals surface area contributed by atoms with Gasteiger partial charge in [-0.3, -0.25) is 4.21 Å². The average molecular weight is 389 g/mol. The van der Waals surface area contributed by atoms with Crippen LogP contribution in [0.1, 0.15) is 7.12 Å². The van der Waals surface area contributed by atoms with E-state index >= 15 is 0 Å². The Hall–Kier alpha value is -0.870. The largest absolute Gasteiger partial charge is 1.00 e. The molecule has 0 radical (unpaired) electrons. The normalized spacial score (nSPS) is 13.2. The van der Waals surface area contributed by atoms with Crippen molar-refractivity contribution < 1.29 is 48.6 Å². The second kappa shape index (κ2) is 9.18. The summed E-state index contributed by atoms with van der Waals surface area (Å²) >= 11 is -0.723. The summed E-state index contributed by atoms with van der Waals surface area (Å²) in [5.74, 6) is 0.261. The van der Waals surface area contributed by atoms with E-state index in [4.69, 9.17) is 10.2 Å². The molecule has 5 nitrogen and oxygen atoms in total. The smallest absolute Gasteiger partial charge is 1.00 e. The second-order valence-corrected chi connectivity index (χ2v) is 6.97. The Balaban J connectivity index is 0.00000169. The molecular weight excluding hydrogens is 374 g/mol. The minimum atomic E-state index is -2.23. The van der Waals surface area contributed by atoms with Crippen LogP contribution in [-0.2, 0) is 17.5 Å². The van der Waals surface area contributed by atoms with Crippen LogP contribution >= 0.6 is 11.3 Å². The molecule has 0 aliphatic carbocycles. The van der Waals surface area contributed by atoms with Crippen molar-refractivity contribution in [3.63, 3.8) is 0 Å². The first-order chi connectivity index (χ1) is 11.5. The van der Waals surface area contributed by atoms with E-state index in [1.807, 2.05) is 16.8 Å². The number of hydrogen-bond acceptors (Lipinski definition) is 6. The van der Waals surface area contributed by atoms with E-state index < -0.39 is 17.1 Å². The minimum absolute atomic E-state index is 0. The molecule has 3 aromatic rings. The molecule has 2 heterocycles. The molecule has 2 aromatic heterocycles. The zero-order valence-electron chi connectivity index (χ0n) is 14.5. The summed E-state index contributed by atoms with van der Waals surface area (Å²) in [6.07, 6.45) is 0.248. The van der Waals surface area contributed by atoms with Crippen molar-refractivity contribution >= 4 is 22.4 Å². The Morgan fingerprint density at radius 1 is 1.40 bits per heavy atom. The molecule has 0 saturated heterocycles. The third-order valence-corrected chi connectivity index (χ3v) is 4.74. The standard InChI is InChI=1S/C16H15FN2O3S2.Na.H/c17-12-3-1-2-10(6-12)16-19-14(7-13(18)9-24(20)21)15(22-16)11-4-5-23-8-11;;/h1-6,8,13H,7,9,18H2,(H,20,21);;/q;+1;-1/p-1. The first-order valence-corrected chi connectivity index (χ1v) is 9.31. The van der Waals surface area contributed by atoms with Gasteiger partial charge in [-0.05, 0) is 29.6 Å². The molecule has 0 saturated carbocycles. The van der Waals surface area contributed by atoms with Gasteiger partial charge in [0.15, 0.2) is 5.76 Å². The summed E-state index contributed by atoms with van der Waals surface area (Å²) in [5, 5.41) is 3.80. The quantitative estimate of drug-likeness (QED) is 0.476. The number of thiophene rings is 1. The fourth-order valence-corrected chi connectivity index (χ4v) is 3.44. The summed E-state index contributed by atoms with van der Waals surface area (Å²) in [4.78, 5) is 4.42. The molecule has 25 heavy (non-hydrogen) atoms. The maximum Gasteiger partial charge on any atom is 1.00 e. The Morgan fingerprint density at radius 2 is 2.20 bits per heavy atom. The number of aromatic nitrogens is 1. The van der Waals surface area contributed by atoms with E-state index in [1.165, 1.54) is 23.5 Å². The van der Waals surface area contributed by atoms with Crippen LogP contribution in [0.4, 0.5) is 4.39 Å². The van der Waals surface area contributed by atoms with Crippen molar-refractivity contribution in [3.8, 4) is 22.8 Å². The number of rotatable bonds is 6. The Morgan fingerprint density at radius 3 is 2.84 bits per heavy atom. The van der Waals surface area contributed by atoms with Gasteiger partial charge >= 0.3 is 29.6 Å². The van der Waals surface area contributed by atoms with E-state index in [9.17, 15) is 13.2 Å². The number of halogens is 1. The van der Waals surface area contributed by atoms with Crippen LogP contribution in [0.15, 0.2) is 45.5 Å². The van der Waals surface area contributed by atoms with Crippen LogP contribution in [-0.4, -0.2) is 25.5 Å².